The number of carbonyl (C=O) groups is 2. The van der Waals surface area contributed by atoms with Crippen LogP contribution in [0, 0.1) is 5.82 Å². The molecule has 1 atom stereocenters. The lowest BCUT2D eigenvalue weighted by atomic mass is 10.1. The third kappa shape index (κ3) is 7.12. The van der Waals surface area contributed by atoms with E-state index in [0.717, 1.165) is 36.8 Å². The molecule has 0 bridgehead atoms. The van der Waals surface area contributed by atoms with Gasteiger partial charge in [0.2, 0.25) is 11.8 Å². The van der Waals surface area contributed by atoms with Gasteiger partial charge < -0.3 is 10.2 Å². The van der Waals surface area contributed by atoms with E-state index in [-0.39, 0.29) is 36.0 Å². The highest BCUT2D eigenvalue weighted by molar-refractivity contribution is 7.99. The Kier molecular flexibility index (Phi) is 9.26. The molecule has 32 heavy (non-hydrogen) atoms. The van der Waals surface area contributed by atoms with Crippen molar-refractivity contribution in [3.8, 4) is 0 Å². The summed E-state index contributed by atoms with van der Waals surface area (Å²) >= 11 is 13.6. The number of thioether (sulfide) groups is 1. The Morgan fingerprint density at radius 2 is 1.75 bits per heavy atom. The molecule has 0 unspecified atom stereocenters. The maximum Gasteiger partial charge on any atom is 0.242 e. The number of halogens is 3. The standard InChI is InChI=1S/C24H27Cl2FN2O2S/c1-16(24(31)28-20-4-2-3-5-20)29(13-18-8-11-21(25)22(26)12-18)23(30)15-32-14-17-6-9-19(27)10-7-17/h6-12,16,20H,2-5,13-15H2,1H3,(H,28,31)/t16-/m1/s1. The zero-order chi connectivity index (χ0) is 23.1. The van der Waals surface area contributed by atoms with Gasteiger partial charge in [0.15, 0.2) is 0 Å². The molecule has 4 nitrogen and oxygen atoms in total. The van der Waals surface area contributed by atoms with Crippen LogP contribution < -0.4 is 5.32 Å². The Hall–Kier alpha value is -1.76. The summed E-state index contributed by atoms with van der Waals surface area (Å²) in [5, 5.41) is 3.93. The van der Waals surface area contributed by atoms with Gasteiger partial charge in [-0.1, -0.05) is 54.2 Å². The topological polar surface area (TPSA) is 49.4 Å². The quantitative estimate of drug-likeness (QED) is 0.474. The summed E-state index contributed by atoms with van der Waals surface area (Å²) in [5.41, 5.74) is 1.74. The van der Waals surface area contributed by atoms with E-state index in [1.165, 1.54) is 23.9 Å². The molecule has 2 amide bonds. The van der Waals surface area contributed by atoms with Crippen LogP contribution in [0.4, 0.5) is 4.39 Å². The summed E-state index contributed by atoms with van der Waals surface area (Å²) in [4.78, 5) is 27.6. The summed E-state index contributed by atoms with van der Waals surface area (Å²) in [6.45, 7) is 2.01. The number of nitrogens with one attached hydrogen (secondary N) is 1. The highest BCUT2D eigenvalue weighted by Gasteiger charge is 2.28. The van der Waals surface area contributed by atoms with Crippen molar-refractivity contribution in [1.29, 1.82) is 0 Å². The fraction of sp³-hybridized carbons (Fsp3) is 0.417. The Morgan fingerprint density at radius 3 is 2.41 bits per heavy atom. The van der Waals surface area contributed by atoms with Crippen LogP contribution in [-0.2, 0) is 21.9 Å². The summed E-state index contributed by atoms with van der Waals surface area (Å²) in [6.07, 6.45) is 4.19. The van der Waals surface area contributed by atoms with Crippen LogP contribution in [0.5, 0.6) is 0 Å². The molecule has 1 aliphatic carbocycles. The lowest BCUT2D eigenvalue weighted by molar-refractivity contribution is -0.138. The van der Waals surface area contributed by atoms with Crippen LogP contribution in [0.2, 0.25) is 10.0 Å². The first-order valence-electron chi connectivity index (χ1n) is 10.7. The Bertz CT molecular complexity index is 936. The minimum absolute atomic E-state index is 0.141. The van der Waals surface area contributed by atoms with Crippen LogP contribution in [0.25, 0.3) is 0 Å². The van der Waals surface area contributed by atoms with Crippen LogP contribution >= 0.6 is 35.0 Å². The van der Waals surface area contributed by atoms with Crippen molar-refractivity contribution in [3.63, 3.8) is 0 Å². The number of amides is 2. The average Bonchev–Trinajstić information content (AvgIpc) is 3.28. The fourth-order valence-corrected chi connectivity index (χ4v) is 4.92. The van der Waals surface area contributed by atoms with E-state index in [4.69, 9.17) is 23.2 Å². The smallest absolute Gasteiger partial charge is 0.242 e. The molecule has 0 heterocycles. The van der Waals surface area contributed by atoms with Crippen LogP contribution in [0.1, 0.15) is 43.7 Å². The van der Waals surface area contributed by atoms with E-state index < -0.39 is 6.04 Å². The maximum atomic E-state index is 13.1. The maximum absolute atomic E-state index is 13.1. The molecule has 8 heteroatoms. The summed E-state index contributed by atoms with van der Waals surface area (Å²) < 4.78 is 13.1. The number of nitrogens with zero attached hydrogens (tertiary/aromatic N) is 1. The average molecular weight is 497 g/mol. The predicted octanol–water partition coefficient (Wildman–Crippen LogP) is 5.84. The van der Waals surface area contributed by atoms with E-state index >= 15 is 0 Å². The van der Waals surface area contributed by atoms with E-state index in [2.05, 4.69) is 5.32 Å². The van der Waals surface area contributed by atoms with Gasteiger partial charge in [-0.15, -0.1) is 11.8 Å². The van der Waals surface area contributed by atoms with Gasteiger partial charge in [-0.25, -0.2) is 4.39 Å². The first-order chi connectivity index (χ1) is 15.3. The van der Waals surface area contributed by atoms with Gasteiger partial charge >= 0.3 is 0 Å². The largest absolute Gasteiger partial charge is 0.352 e. The molecule has 0 saturated heterocycles. The SMILES string of the molecule is C[C@H](C(=O)NC1CCCC1)N(Cc1ccc(Cl)c(Cl)c1)C(=O)CSCc1ccc(F)cc1. The molecule has 1 N–H and O–H groups in total. The fourth-order valence-electron chi connectivity index (χ4n) is 3.73. The second-order valence-corrected chi connectivity index (χ2v) is 9.86. The van der Waals surface area contributed by atoms with Gasteiger partial charge in [0.1, 0.15) is 11.9 Å². The van der Waals surface area contributed by atoms with Gasteiger partial charge in [0.05, 0.1) is 15.8 Å². The molecule has 1 fully saturated rings. The van der Waals surface area contributed by atoms with E-state index in [0.29, 0.717) is 15.8 Å². The number of hydrogen-bond donors (Lipinski definition) is 1. The number of benzene rings is 2. The van der Waals surface area contributed by atoms with Crippen LogP contribution in [-0.4, -0.2) is 34.6 Å². The minimum Gasteiger partial charge on any atom is -0.352 e. The van der Waals surface area contributed by atoms with Gasteiger partial charge in [-0.05, 0) is 55.2 Å². The molecule has 172 valence electrons. The van der Waals surface area contributed by atoms with Crippen molar-refractivity contribution in [2.75, 3.05) is 5.75 Å². The molecule has 0 spiro atoms. The molecule has 2 aromatic carbocycles. The lowest BCUT2D eigenvalue weighted by Crippen LogP contribution is -2.50. The number of carbonyl (C=O) groups excluding carboxylic acids is 2. The van der Waals surface area contributed by atoms with Crippen molar-refractivity contribution in [1.82, 2.24) is 10.2 Å². The zero-order valence-corrected chi connectivity index (χ0v) is 20.3. The van der Waals surface area contributed by atoms with Crippen LogP contribution in [0.3, 0.4) is 0 Å². The number of hydrogen-bond acceptors (Lipinski definition) is 3. The van der Waals surface area contributed by atoms with Gasteiger partial charge in [-0.3, -0.25) is 9.59 Å². The van der Waals surface area contributed by atoms with Crippen molar-refractivity contribution < 1.29 is 14.0 Å². The van der Waals surface area contributed by atoms with Crippen molar-refractivity contribution in [2.24, 2.45) is 0 Å². The van der Waals surface area contributed by atoms with Crippen molar-refractivity contribution in [3.05, 3.63) is 69.5 Å². The third-order valence-electron chi connectivity index (χ3n) is 5.61. The lowest BCUT2D eigenvalue weighted by Gasteiger charge is -2.30. The molecule has 2 aromatic rings. The predicted molar refractivity (Wildman–Crippen MR) is 129 cm³/mol. The highest BCUT2D eigenvalue weighted by Crippen LogP contribution is 2.24. The second kappa shape index (κ2) is 11.9. The molecule has 1 saturated carbocycles. The summed E-state index contributed by atoms with van der Waals surface area (Å²) in [6, 6.07) is 11.0. The van der Waals surface area contributed by atoms with E-state index in [1.54, 1.807) is 36.1 Å². The molecule has 3 rings (SSSR count). The van der Waals surface area contributed by atoms with E-state index in [9.17, 15) is 14.0 Å². The molecule has 0 radical (unpaired) electrons. The van der Waals surface area contributed by atoms with Gasteiger partial charge in [-0.2, -0.15) is 0 Å². The third-order valence-corrected chi connectivity index (χ3v) is 7.34. The molecule has 0 aromatic heterocycles. The minimum atomic E-state index is -0.621. The monoisotopic (exact) mass is 496 g/mol. The molecular formula is C24H27Cl2FN2O2S. The first-order valence-corrected chi connectivity index (χ1v) is 12.6. The van der Waals surface area contributed by atoms with Gasteiger partial charge in [0, 0.05) is 18.3 Å². The Labute approximate surface area is 202 Å². The van der Waals surface area contributed by atoms with Crippen molar-refractivity contribution >= 4 is 46.8 Å². The molecule has 1 aliphatic rings. The summed E-state index contributed by atoms with van der Waals surface area (Å²) in [7, 11) is 0. The zero-order valence-electron chi connectivity index (χ0n) is 18.0. The Balaban J connectivity index is 1.67. The van der Waals surface area contributed by atoms with Crippen LogP contribution in [0.15, 0.2) is 42.5 Å². The highest BCUT2D eigenvalue weighted by atomic mass is 35.5. The Morgan fingerprint density at radius 1 is 1.09 bits per heavy atom. The molecular weight excluding hydrogens is 470 g/mol. The van der Waals surface area contributed by atoms with Gasteiger partial charge in [0.25, 0.3) is 0 Å². The number of rotatable bonds is 9. The molecule has 0 aliphatic heterocycles. The van der Waals surface area contributed by atoms with Crippen molar-refractivity contribution in [2.45, 2.75) is 57.0 Å². The summed E-state index contributed by atoms with van der Waals surface area (Å²) in [5.74, 6) is 0.213. The normalized spacial score (nSPS) is 14.9. The first kappa shape index (κ1) is 24.9. The second-order valence-electron chi connectivity index (χ2n) is 8.06. The van der Waals surface area contributed by atoms with E-state index in [1.807, 2.05) is 6.07 Å².